The number of anilines is 1. The van der Waals surface area contributed by atoms with Crippen molar-refractivity contribution >= 4 is 29.0 Å². The van der Waals surface area contributed by atoms with Crippen LogP contribution in [0, 0.1) is 11.8 Å². The van der Waals surface area contributed by atoms with Gasteiger partial charge in [0.15, 0.2) is 5.82 Å². The van der Waals surface area contributed by atoms with E-state index in [0.717, 1.165) is 42.3 Å². The van der Waals surface area contributed by atoms with E-state index >= 15 is 0 Å². The SMILES string of the molecule is NC(=O)C1CCN(C(=O)C2CCN(c3ccc(-c4cccs4)nn3)CC2)CC1. The summed E-state index contributed by atoms with van der Waals surface area (Å²) < 4.78 is 0. The largest absolute Gasteiger partial charge is 0.369 e. The Hall–Kier alpha value is -2.48. The number of likely N-dealkylation sites (tertiary alicyclic amines) is 1. The summed E-state index contributed by atoms with van der Waals surface area (Å²) in [6, 6.07) is 8.07. The summed E-state index contributed by atoms with van der Waals surface area (Å²) in [4.78, 5) is 29.3. The zero-order valence-electron chi connectivity index (χ0n) is 15.8. The molecule has 2 aliphatic rings. The molecule has 2 aromatic rings. The molecular formula is C20H25N5O2S. The Bertz CT molecular complexity index is 808. The molecule has 0 spiro atoms. The Morgan fingerprint density at radius 1 is 0.964 bits per heavy atom. The first kappa shape index (κ1) is 18.9. The van der Waals surface area contributed by atoms with E-state index in [9.17, 15) is 9.59 Å². The van der Waals surface area contributed by atoms with Crippen LogP contribution in [0.15, 0.2) is 29.6 Å². The van der Waals surface area contributed by atoms with Crippen LogP contribution in [0.25, 0.3) is 10.6 Å². The van der Waals surface area contributed by atoms with E-state index in [4.69, 9.17) is 5.73 Å². The minimum Gasteiger partial charge on any atom is -0.369 e. The highest BCUT2D eigenvalue weighted by Crippen LogP contribution is 2.27. The van der Waals surface area contributed by atoms with Crippen LogP contribution in [-0.2, 0) is 9.59 Å². The van der Waals surface area contributed by atoms with E-state index < -0.39 is 0 Å². The van der Waals surface area contributed by atoms with E-state index in [1.54, 1.807) is 11.3 Å². The number of amides is 2. The molecule has 2 aromatic heterocycles. The van der Waals surface area contributed by atoms with Crippen molar-refractivity contribution in [2.24, 2.45) is 17.6 Å². The zero-order valence-corrected chi connectivity index (χ0v) is 16.6. The normalized spacial score (nSPS) is 19.0. The van der Waals surface area contributed by atoms with Crippen molar-refractivity contribution in [3.8, 4) is 10.6 Å². The predicted octanol–water partition coefficient (Wildman–Crippen LogP) is 2.15. The number of piperidine rings is 2. The molecule has 4 heterocycles. The molecule has 0 saturated carbocycles. The number of primary amides is 1. The Labute approximate surface area is 168 Å². The topological polar surface area (TPSA) is 92.4 Å². The molecule has 0 bridgehead atoms. The summed E-state index contributed by atoms with van der Waals surface area (Å²) >= 11 is 1.65. The first-order chi connectivity index (χ1) is 13.6. The van der Waals surface area contributed by atoms with Gasteiger partial charge in [0.2, 0.25) is 11.8 Å². The van der Waals surface area contributed by atoms with Gasteiger partial charge in [0.25, 0.3) is 0 Å². The lowest BCUT2D eigenvalue weighted by molar-refractivity contribution is -0.139. The van der Waals surface area contributed by atoms with Gasteiger partial charge in [-0.2, -0.15) is 0 Å². The number of thiophene rings is 1. The van der Waals surface area contributed by atoms with E-state index in [-0.39, 0.29) is 23.7 Å². The van der Waals surface area contributed by atoms with E-state index in [0.29, 0.717) is 25.9 Å². The van der Waals surface area contributed by atoms with E-state index in [1.165, 1.54) is 0 Å². The maximum absolute atomic E-state index is 12.8. The van der Waals surface area contributed by atoms with Gasteiger partial charge in [-0.3, -0.25) is 9.59 Å². The summed E-state index contributed by atoms with van der Waals surface area (Å²) in [5.41, 5.74) is 6.27. The monoisotopic (exact) mass is 399 g/mol. The van der Waals surface area contributed by atoms with Crippen LogP contribution < -0.4 is 10.6 Å². The van der Waals surface area contributed by atoms with Crippen molar-refractivity contribution in [3.05, 3.63) is 29.6 Å². The fourth-order valence-electron chi connectivity index (χ4n) is 4.05. The van der Waals surface area contributed by atoms with E-state index in [2.05, 4.69) is 15.1 Å². The van der Waals surface area contributed by atoms with Crippen LogP contribution in [-0.4, -0.2) is 53.1 Å². The number of carbonyl (C=O) groups excluding carboxylic acids is 2. The number of nitrogens with zero attached hydrogens (tertiary/aromatic N) is 4. The number of nitrogens with two attached hydrogens (primary N) is 1. The predicted molar refractivity (Wildman–Crippen MR) is 109 cm³/mol. The summed E-state index contributed by atoms with van der Waals surface area (Å²) in [5.74, 6) is 0.822. The van der Waals surface area contributed by atoms with Crippen LogP contribution in [0.3, 0.4) is 0 Å². The average Bonchev–Trinajstić information content (AvgIpc) is 3.28. The van der Waals surface area contributed by atoms with Crippen molar-refractivity contribution in [2.75, 3.05) is 31.1 Å². The molecule has 4 rings (SSSR count). The Morgan fingerprint density at radius 2 is 1.68 bits per heavy atom. The second-order valence-electron chi connectivity index (χ2n) is 7.52. The summed E-state index contributed by atoms with van der Waals surface area (Å²) in [7, 11) is 0. The van der Waals surface area contributed by atoms with Gasteiger partial charge >= 0.3 is 0 Å². The number of rotatable bonds is 4. The average molecular weight is 400 g/mol. The summed E-state index contributed by atoms with van der Waals surface area (Å²) in [6.07, 6.45) is 3.02. The molecule has 0 aromatic carbocycles. The third kappa shape index (κ3) is 4.01. The van der Waals surface area contributed by atoms with Gasteiger partial charge < -0.3 is 15.5 Å². The first-order valence-electron chi connectivity index (χ1n) is 9.82. The fourth-order valence-corrected chi connectivity index (χ4v) is 4.74. The molecule has 0 atom stereocenters. The van der Waals surface area contributed by atoms with Crippen LogP contribution in [0.2, 0.25) is 0 Å². The molecule has 28 heavy (non-hydrogen) atoms. The minimum absolute atomic E-state index is 0.0553. The van der Waals surface area contributed by atoms with Crippen molar-refractivity contribution in [2.45, 2.75) is 25.7 Å². The van der Waals surface area contributed by atoms with Gasteiger partial charge in [-0.05, 0) is 49.3 Å². The van der Waals surface area contributed by atoms with Gasteiger partial charge in [-0.15, -0.1) is 21.5 Å². The highest BCUT2D eigenvalue weighted by atomic mass is 32.1. The highest BCUT2D eigenvalue weighted by molar-refractivity contribution is 7.13. The van der Waals surface area contributed by atoms with Gasteiger partial charge in [0.1, 0.15) is 5.69 Å². The lowest BCUT2D eigenvalue weighted by Gasteiger charge is -2.37. The minimum atomic E-state index is -0.244. The number of hydrogen-bond donors (Lipinski definition) is 1. The molecular weight excluding hydrogens is 374 g/mol. The van der Waals surface area contributed by atoms with Crippen LogP contribution in [0.1, 0.15) is 25.7 Å². The zero-order chi connectivity index (χ0) is 19.5. The molecule has 0 unspecified atom stereocenters. The maximum Gasteiger partial charge on any atom is 0.225 e. The molecule has 0 radical (unpaired) electrons. The molecule has 0 aliphatic carbocycles. The van der Waals surface area contributed by atoms with Crippen LogP contribution in [0.4, 0.5) is 5.82 Å². The van der Waals surface area contributed by atoms with Gasteiger partial charge in [-0.25, -0.2) is 0 Å². The van der Waals surface area contributed by atoms with Gasteiger partial charge in [-0.1, -0.05) is 6.07 Å². The molecule has 2 amide bonds. The number of carbonyl (C=O) groups is 2. The lowest BCUT2D eigenvalue weighted by atomic mass is 9.92. The lowest BCUT2D eigenvalue weighted by Crippen LogP contribution is -2.47. The Kier molecular flexibility index (Phi) is 5.57. The summed E-state index contributed by atoms with van der Waals surface area (Å²) in [6.45, 7) is 2.90. The maximum atomic E-state index is 12.8. The van der Waals surface area contributed by atoms with Gasteiger partial charge in [0, 0.05) is 38.0 Å². The molecule has 2 N–H and O–H groups in total. The number of aromatic nitrogens is 2. The molecule has 2 saturated heterocycles. The Morgan fingerprint density at radius 3 is 2.25 bits per heavy atom. The molecule has 7 nitrogen and oxygen atoms in total. The third-order valence-corrected chi connectivity index (χ3v) is 6.69. The first-order valence-corrected chi connectivity index (χ1v) is 10.7. The molecule has 148 valence electrons. The van der Waals surface area contributed by atoms with Crippen molar-refractivity contribution < 1.29 is 9.59 Å². The highest BCUT2D eigenvalue weighted by Gasteiger charge is 2.32. The van der Waals surface area contributed by atoms with E-state index in [1.807, 2.05) is 34.5 Å². The smallest absolute Gasteiger partial charge is 0.225 e. The second-order valence-corrected chi connectivity index (χ2v) is 8.47. The fraction of sp³-hybridized carbons (Fsp3) is 0.500. The Balaban J connectivity index is 1.30. The van der Waals surface area contributed by atoms with Crippen LogP contribution >= 0.6 is 11.3 Å². The standard InChI is InChI=1S/C20H25N5O2S/c21-19(26)14-5-11-25(12-6-14)20(27)15-7-9-24(10-8-15)18-4-3-16(22-23-18)17-2-1-13-28-17/h1-4,13-15H,5-12H2,(H2,21,26). The van der Waals surface area contributed by atoms with Crippen molar-refractivity contribution in [3.63, 3.8) is 0 Å². The van der Waals surface area contributed by atoms with Crippen molar-refractivity contribution in [1.82, 2.24) is 15.1 Å². The van der Waals surface area contributed by atoms with Crippen LogP contribution in [0.5, 0.6) is 0 Å². The molecule has 8 heteroatoms. The second kappa shape index (κ2) is 8.26. The molecule has 2 aliphatic heterocycles. The summed E-state index contributed by atoms with van der Waals surface area (Å²) in [5, 5.41) is 10.8. The van der Waals surface area contributed by atoms with Crippen molar-refractivity contribution in [1.29, 1.82) is 0 Å². The molecule has 2 fully saturated rings. The third-order valence-electron chi connectivity index (χ3n) is 5.80. The quantitative estimate of drug-likeness (QED) is 0.850. The number of hydrogen-bond acceptors (Lipinski definition) is 6. The van der Waals surface area contributed by atoms with Gasteiger partial charge in [0.05, 0.1) is 4.88 Å².